The molecule has 5 N–H and O–H groups in total. The first-order chi connectivity index (χ1) is 5.57. The lowest BCUT2D eigenvalue weighted by Gasteiger charge is -2.36. The predicted molar refractivity (Wildman–Crippen MR) is 36.8 cm³/mol. The van der Waals surface area contributed by atoms with Crippen LogP contribution in [0.4, 0.5) is 4.39 Å². The summed E-state index contributed by atoms with van der Waals surface area (Å²) < 4.78 is 17.3. The van der Waals surface area contributed by atoms with Crippen LogP contribution in [0.25, 0.3) is 0 Å². The predicted octanol–water partition coefficient (Wildman–Crippen LogP) is -2.28. The maximum Gasteiger partial charge on any atom is 0.189 e. The molecule has 5 unspecified atom stereocenters. The summed E-state index contributed by atoms with van der Waals surface area (Å²) in [6.45, 7) is -0.0813. The molecule has 0 aromatic heterocycles. The molecular weight excluding hydrogens is 169 g/mol. The fraction of sp³-hybridized carbons (Fsp3) is 1.00. The van der Waals surface area contributed by atoms with Crippen LogP contribution in [0.5, 0.6) is 0 Å². The third-order valence-electron chi connectivity index (χ3n) is 1.88. The summed E-state index contributed by atoms with van der Waals surface area (Å²) in [5, 5.41) is 27.0. The Morgan fingerprint density at radius 3 is 2.33 bits per heavy atom. The van der Waals surface area contributed by atoms with Gasteiger partial charge in [0.15, 0.2) is 12.5 Å². The van der Waals surface area contributed by atoms with E-state index in [1.165, 1.54) is 0 Å². The fourth-order valence-electron chi connectivity index (χ4n) is 1.11. The molecule has 12 heavy (non-hydrogen) atoms. The van der Waals surface area contributed by atoms with Crippen molar-refractivity contribution in [2.45, 2.75) is 30.8 Å². The van der Waals surface area contributed by atoms with E-state index in [0.717, 1.165) is 0 Å². The van der Waals surface area contributed by atoms with Crippen molar-refractivity contribution in [2.24, 2.45) is 5.73 Å². The van der Waals surface area contributed by atoms with Crippen LogP contribution >= 0.6 is 0 Å². The molecule has 1 fully saturated rings. The van der Waals surface area contributed by atoms with Gasteiger partial charge in [-0.1, -0.05) is 0 Å². The Kier molecular flexibility index (Phi) is 2.97. The standard InChI is InChI=1S/C6H12FNO4/c7-3-5(10)4(9)2(1-8)12-6(3)11/h2-6,9-11H,1,8H2. The summed E-state index contributed by atoms with van der Waals surface area (Å²) in [4.78, 5) is 0. The molecule has 72 valence electrons. The molecule has 1 heterocycles. The van der Waals surface area contributed by atoms with Crippen molar-refractivity contribution in [1.29, 1.82) is 0 Å². The van der Waals surface area contributed by atoms with Crippen molar-refractivity contribution in [3.63, 3.8) is 0 Å². The number of aliphatic hydroxyl groups excluding tert-OH is 3. The normalized spacial score (nSPS) is 49.2. The van der Waals surface area contributed by atoms with Crippen LogP contribution < -0.4 is 5.73 Å². The molecule has 0 spiro atoms. The zero-order valence-corrected chi connectivity index (χ0v) is 6.30. The van der Waals surface area contributed by atoms with E-state index >= 15 is 0 Å². The maximum absolute atomic E-state index is 12.7. The van der Waals surface area contributed by atoms with E-state index in [9.17, 15) is 4.39 Å². The monoisotopic (exact) mass is 181 g/mol. The molecule has 0 aliphatic carbocycles. The van der Waals surface area contributed by atoms with Crippen molar-refractivity contribution in [3.05, 3.63) is 0 Å². The number of ether oxygens (including phenoxy) is 1. The van der Waals surface area contributed by atoms with Crippen molar-refractivity contribution in [1.82, 2.24) is 0 Å². The first-order valence-electron chi connectivity index (χ1n) is 3.61. The minimum Gasteiger partial charge on any atom is -0.388 e. The van der Waals surface area contributed by atoms with Gasteiger partial charge in [-0.3, -0.25) is 0 Å². The molecule has 1 rings (SSSR count). The summed E-state index contributed by atoms with van der Waals surface area (Å²) >= 11 is 0. The number of halogens is 1. The number of rotatable bonds is 1. The molecule has 0 radical (unpaired) electrons. The van der Waals surface area contributed by atoms with E-state index in [2.05, 4.69) is 4.74 Å². The molecule has 0 aromatic rings. The van der Waals surface area contributed by atoms with Gasteiger partial charge in [-0.25, -0.2) is 4.39 Å². The van der Waals surface area contributed by atoms with E-state index in [1.54, 1.807) is 0 Å². The highest BCUT2D eigenvalue weighted by molar-refractivity contribution is 4.88. The number of alkyl halides is 1. The Bertz CT molecular complexity index is 154. The van der Waals surface area contributed by atoms with Crippen LogP contribution in [-0.4, -0.2) is 52.6 Å². The highest BCUT2D eigenvalue weighted by Crippen LogP contribution is 2.21. The molecule has 0 saturated carbocycles. The van der Waals surface area contributed by atoms with E-state index in [-0.39, 0.29) is 6.54 Å². The molecule has 1 aliphatic rings. The Morgan fingerprint density at radius 2 is 1.83 bits per heavy atom. The molecule has 5 nitrogen and oxygen atoms in total. The second-order valence-electron chi connectivity index (χ2n) is 2.73. The molecular formula is C6H12FNO4. The van der Waals surface area contributed by atoms with Crippen molar-refractivity contribution >= 4 is 0 Å². The summed E-state index contributed by atoms with van der Waals surface area (Å²) in [6.07, 6.45) is -7.63. The number of aliphatic hydroxyl groups is 3. The third kappa shape index (κ3) is 1.57. The van der Waals surface area contributed by atoms with Gasteiger partial charge >= 0.3 is 0 Å². The fourth-order valence-corrected chi connectivity index (χ4v) is 1.11. The molecule has 0 aromatic carbocycles. The van der Waals surface area contributed by atoms with Crippen LogP contribution in [0.1, 0.15) is 0 Å². The number of hydrogen-bond donors (Lipinski definition) is 4. The van der Waals surface area contributed by atoms with Gasteiger partial charge in [-0.05, 0) is 0 Å². The average Bonchev–Trinajstić information content (AvgIpc) is 2.08. The van der Waals surface area contributed by atoms with E-state index in [4.69, 9.17) is 21.1 Å². The summed E-state index contributed by atoms with van der Waals surface area (Å²) in [6, 6.07) is 0. The zero-order chi connectivity index (χ0) is 9.30. The van der Waals surface area contributed by atoms with Crippen LogP contribution in [0.2, 0.25) is 0 Å². The second-order valence-corrected chi connectivity index (χ2v) is 2.73. The lowest BCUT2D eigenvalue weighted by Crippen LogP contribution is -2.57. The van der Waals surface area contributed by atoms with Gasteiger partial charge in [0.05, 0.1) is 0 Å². The molecule has 6 heteroatoms. The van der Waals surface area contributed by atoms with Gasteiger partial charge in [-0.15, -0.1) is 0 Å². The largest absolute Gasteiger partial charge is 0.388 e. The first kappa shape index (κ1) is 9.82. The smallest absolute Gasteiger partial charge is 0.189 e. The Hall–Kier alpha value is -0.270. The van der Waals surface area contributed by atoms with E-state index < -0.39 is 30.8 Å². The van der Waals surface area contributed by atoms with Crippen LogP contribution in [-0.2, 0) is 4.74 Å². The number of hydrogen-bond acceptors (Lipinski definition) is 5. The molecule has 5 atom stereocenters. The average molecular weight is 181 g/mol. The van der Waals surface area contributed by atoms with E-state index in [0.29, 0.717) is 0 Å². The van der Waals surface area contributed by atoms with Crippen LogP contribution in [0, 0.1) is 0 Å². The topological polar surface area (TPSA) is 95.9 Å². The maximum atomic E-state index is 12.7. The molecule has 0 amide bonds. The van der Waals surface area contributed by atoms with Gasteiger partial charge in [0.25, 0.3) is 0 Å². The minimum atomic E-state index is -1.98. The van der Waals surface area contributed by atoms with Crippen molar-refractivity contribution < 1.29 is 24.4 Å². The Morgan fingerprint density at radius 1 is 1.25 bits per heavy atom. The molecule has 1 saturated heterocycles. The minimum absolute atomic E-state index is 0.0813. The van der Waals surface area contributed by atoms with Crippen LogP contribution in [0.15, 0.2) is 0 Å². The summed E-state index contributed by atoms with van der Waals surface area (Å²) in [7, 11) is 0. The second kappa shape index (κ2) is 3.63. The lowest BCUT2D eigenvalue weighted by molar-refractivity contribution is -0.262. The summed E-state index contributed by atoms with van der Waals surface area (Å²) in [5.74, 6) is 0. The van der Waals surface area contributed by atoms with Gasteiger partial charge < -0.3 is 25.8 Å². The lowest BCUT2D eigenvalue weighted by atomic mass is 10.0. The van der Waals surface area contributed by atoms with Gasteiger partial charge in [0.1, 0.15) is 18.3 Å². The Balaban J connectivity index is 2.63. The SMILES string of the molecule is NCC1OC(O)C(F)C(O)C1O. The van der Waals surface area contributed by atoms with Crippen LogP contribution in [0.3, 0.4) is 0 Å². The van der Waals surface area contributed by atoms with Crippen molar-refractivity contribution in [2.75, 3.05) is 6.54 Å². The molecule has 1 aliphatic heterocycles. The summed E-state index contributed by atoms with van der Waals surface area (Å²) in [5.41, 5.74) is 5.13. The molecule has 0 bridgehead atoms. The van der Waals surface area contributed by atoms with E-state index in [1.807, 2.05) is 0 Å². The highest BCUT2D eigenvalue weighted by atomic mass is 19.1. The van der Waals surface area contributed by atoms with Gasteiger partial charge in [-0.2, -0.15) is 0 Å². The number of nitrogens with two attached hydrogens (primary N) is 1. The Labute approximate surface area is 68.6 Å². The van der Waals surface area contributed by atoms with Gasteiger partial charge in [0.2, 0.25) is 0 Å². The zero-order valence-electron chi connectivity index (χ0n) is 6.30. The first-order valence-corrected chi connectivity index (χ1v) is 3.61. The van der Waals surface area contributed by atoms with Gasteiger partial charge in [0, 0.05) is 6.54 Å². The highest BCUT2D eigenvalue weighted by Gasteiger charge is 2.43. The van der Waals surface area contributed by atoms with Crippen molar-refractivity contribution in [3.8, 4) is 0 Å². The third-order valence-corrected chi connectivity index (χ3v) is 1.88. The quantitative estimate of drug-likeness (QED) is 0.365.